The Bertz CT molecular complexity index is 1550. The van der Waals surface area contributed by atoms with Gasteiger partial charge >= 0.3 is 5.97 Å². The van der Waals surface area contributed by atoms with Crippen LogP contribution in [-0.4, -0.2) is 51.4 Å². The number of nitrogens with one attached hydrogen (secondary N) is 2. The van der Waals surface area contributed by atoms with Crippen LogP contribution in [0.2, 0.25) is 0 Å². The van der Waals surface area contributed by atoms with Crippen LogP contribution in [0.3, 0.4) is 0 Å². The van der Waals surface area contributed by atoms with Crippen molar-refractivity contribution >= 4 is 47.5 Å². The van der Waals surface area contributed by atoms with Crippen LogP contribution < -0.4 is 10.6 Å². The van der Waals surface area contributed by atoms with Gasteiger partial charge in [-0.15, -0.1) is 12.6 Å². The molecule has 0 radical (unpaired) electrons. The van der Waals surface area contributed by atoms with Gasteiger partial charge in [0.25, 0.3) is 5.91 Å². The number of carboxylic acid groups (broad SMARTS) is 1. The van der Waals surface area contributed by atoms with Crippen molar-refractivity contribution in [2.24, 2.45) is 0 Å². The van der Waals surface area contributed by atoms with Crippen molar-refractivity contribution in [3.8, 4) is 11.1 Å². The quantitative estimate of drug-likeness (QED) is 0.204. The highest BCUT2D eigenvalue weighted by molar-refractivity contribution is 7.97. The molecule has 0 spiro atoms. The monoisotopic (exact) mass is 599 g/mol. The average Bonchev–Trinajstić information content (AvgIpc) is 3.14. The van der Waals surface area contributed by atoms with Crippen LogP contribution in [-0.2, 0) is 32.1 Å². The number of nitrogens with zero attached hydrogens (tertiary/aromatic N) is 1. The molecule has 0 saturated carbocycles. The third-order valence-corrected chi connectivity index (χ3v) is 7.33. The van der Waals surface area contributed by atoms with Crippen molar-refractivity contribution in [3.63, 3.8) is 0 Å². The number of hydrogen-bond donors (Lipinski definition) is 4. The second kappa shape index (κ2) is 14.5. The fourth-order valence-corrected chi connectivity index (χ4v) is 5.21. The van der Waals surface area contributed by atoms with Gasteiger partial charge in [-0.2, -0.15) is 0 Å². The van der Waals surface area contributed by atoms with Gasteiger partial charge in [0, 0.05) is 25.6 Å². The highest BCUT2D eigenvalue weighted by Crippen LogP contribution is 2.22. The number of benzene rings is 3. The van der Waals surface area contributed by atoms with Gasteiger partial charge in [0.2, 0.25) is 16.9 Å². The van der Waals surface area contributed by atoms with E-state index in [1.54, 1.807) is 4.90 Å². The molecule has 1 saturated heterocycles. The van der Waals surface area contributed by atoms with Crippen molar-refractivity contribution in [1.82, 2.24) is 15.5 Å². The van der Waals surface area contributed by atoms with Crippen LogP contribution >= 0.6 is 12.6 Å². The van der Waals surface area contributed by atoms with E-state index < -0.39 is 28.9 Å². The summed E-state index contributed by atoms with van der Waals surface area (Å²) >= 11 is 3.84. The molecule has 4 rings (SSSR count). The predicted octanol–water partition coefficient (Wildman–Crippen LogP) is 4.23. The topological polar surface area (TPSA) is 133 Å². The second-order valence-electron chi connectivity index (χ2n) is 10.4. The van der Waals surface area contributed by atoms with Crippen molar-refractivity contribution in [2.45, 2.75) is 45.2 Å². The molecule has 9 nitrogen and oxygen atoms in total. The van der Waals surface area contributed by atoms with Gasteiger partial charge in [-0.25, -0.2) is 0 Å². The van der Waals surface area contributed by atoms with Crippen LogP contribution in [0.25, 0.3) is 17.2 Å². The maximum absolute atomic E-state index is 13.5. The van der Waals surface area contributed by atoms with E-state index in [4.69, 9.17) is 5.11 Å². The predicted molar refractivity (Wildman–Crippen MR) is 166 cm³/mol. The van der Waals surface area contributed by atoms with E-state index in [2.05, 4.69) is 23.3 Å². The third-order valence-electron chi connectivity index (χ3n) is 7.09. The van der Waals surface area contributed by atoms with Crippen LogP contribution in [0.5, 0.6) is 0 Å². The number of hydrogen-bond acceptors (Lipinski definition) is 5. The molecule has 0 unspecified atom stereocenters. The lowest BCUT2D eigenvalue weighted by Crippen LogP contribution is -2.48. The molecular weight excluding hydrogens is 566 g/mol. The lowest BCUT2D eigenvalue weighted by Gasteiger charge is -2.25. The van der Waals surface area contributed by atoms with Crippen molar-refractivity contribution < 1.29 is 29.1 Å². The first-order valence-electron chi connectivity index (χ1n) is 13.9. The van der Waals surface area contributed by atoms with E-state index >= 15 is 0 Å². The largest absolute Gasteiger partial charge is 0.481 e. The van der Waals surface area contributed by atoms with Gasteiger partial charge in [0.1, 0.15) is 11.7 Å². The minimum Gasteiger partial charge on any atom is -0.481 e. The first kappa shape index (κ1) is 31.2. The fraction of sp³-hybridized carbons (Fsp3) is 0.242. The fourth-order valence-electron chi connectivity index (χ4n) is 5.00. The maximum atomic E-state index is 13.5. The summed E-state index contributed by atoms with van der Waals surface area (Å²) in [6.45, 7) is 2.21. The van der Waals surface area contributed by atoms with E-state index in [1.165, 1.54) is 31.2 Å². The Kier molecular flexibility index (Phi) is 10.5. The smallest absolute Gasteiger partial charge is 0.307 e. The zero-order valence-electron chi connectivity index (χ0n) is 23.7. The van der Waals surface area contributed by atoms with E-state index in [0.717, 1.165) is 29.5 Å². The zero-order chi connectivity index (χ0) is 30.9. The molecule has 1 fully saturated rings. The summed E-state index contributed by atoms with van der Waals surface area (Å²) < 4.78 is 0. The number of rotatable bonds is 10. The highest BCUT2D eigenvalue weighted by Gasteiger charge is 2.29. The molecule has 1 atom stereocenters. The highest BCUT2D eigenvalue weighted by atomic mass is 32.1. The average molecular weight is 600 g/mol. The lowest BCUT2D eigenvalue weighted by molar-refractivity contribution is -0.136. The Morgan fingerprint density at radius 1 is 0.977 bits per heavy atom. The summed E-state index contributed by atoms with van der Waals surface area (Å²) in [6, 6.07) is 21.7. The SMILES string of the molecule is CC(=O)N/C(=C\c1ccc(CC(=O)O)c(C(=O)S)c1)C(=O)N[C@H]1CCCCN(Cc2ccc(-c3ccccc3)cc2)C1=O. The summed E-state index contributed by atoms with van der Waals surface area (Å²) in [5.74, 6) is -2.47. The number of likely N-dealkylation sites (tertiary alicyclic amines) is 1. The van der Waals surface area contributed by atoms with E-state index in [-0.39, 0.29) is 29.2 Å². The molecule has 3 amide bonds. The Morgan fingerprint density at radius 2 is 1.67 bits per heavy atom. The summed E-state index contributed by atoms with van der Waals surface area (Å²) in [5.41, 5.74) is 3.77. The first-order chi connectivity index (χ1) is 20.6. The maximum Gasteiger partial charge on any atom is 0.307 e. The minimum atomic E-state index is -1.11. The van der Waals surface area contributed by atoms with Crippen LogP contribution in [0.1, 0.15) is 53.2 Å². The number of carboxylic acids is 1. The summed E-state index contributed by atoms with van der Waals surface area (Å²) in [5, 5.41) is 13.8. The molecule has 0 bridgehead atoms. The van der Waals surface area contributed by atoms with Crippen LogP contribution in [0, 0.1) is 0 Å². The Hall–Kier alpha value is -4.70. The zero-order valence-corrected chi connectivity index (χ0v) is 24.6. The number of carbonyl (C=O) groups excluding carboxylic acids is 4. The Balaban J connectivity index is 1.50. The van der Waals surface area contributed by atoms with Gasteiger partial charge in [-0.3, -0.25) is 24.0 Å². The molecule has 43 heavy (non-hydrogen) atoms. The van der Waals surface area contributed by atoms with Crippen LogP contribution in [0.4, 0.5) is 0 Å². The number of carbonyl (C=O) groups is 5. The van der Waals surface area contributed by atoms with Gasteiger partial charge in [0.05, 0.1) is 6.42 Å². The molecule has 0 aromatic heterocycles. The van der Waals surface area contributed by atoms with Crippen molar-refractivity contribution in [1.29, 1.82) is 0 Å². The molecule has 3 aromatic rings. The summed E-state index contributed by atoms with van der Waals surface area (Å²) in [6.07, 6.45) is 2.97. The van der Waals surface area contributed by atoms with E-state index in [1.807, 2.05) is 54.6 Å². The molecule has 222 valence electrons. The standard InChI is InChI=1S/C33H33N3O6S/c1-21(37)34-29(18-23-12-15-26(19-30(38)39)27(17-23)33(42)43)31(40)35-28-9-5-6-16-36(32(28)41)20-22-10-13-25(14-11-22)24-7-3-2-4-8-24/h2-4,7-8,10-15,17-18,28H,5-6,9,16,19-20H2,1H3,(H,34,37)(H,35,40)(H,38,39)(H,42,43)/b29-18-/t28-/m0/s1. The first-order valence-corrected chi connectivity index (χ1v) is 14.4. The normalized spacial score (nSPS) is 15.4. The van der Waals surface area contributed by atoms with Gasteiger partial charge in [-0.05, 0) is 59.2 Å². The van der Waals surface area contributed by atoms with Gasteiger partial charge in [0.15, 0.2) is 0 Å². The van der Waals surface area contributed by atoms with Crippen molar-refractivity contribution in [2.75, 3.05) is 6.54 Å². The molecule has 1 aliphatic heterocycles. The van der Waals surface area contributed by atoms with Gasteiger partial charge < -0.3 is 20.6 Å². The van der Waals surface area contributed by atoms with Crippen LogP contribution in [0.15, 0.2) is 78.5 Å². The molecule has 1 aliphatic rings. The third kappa shape index (κ3) is 8.65. The minimum absolute atomic E-state index is 0.0773. The Morgan fingerprint density at radius 3 is 2.33 bits per heavy atom. The number of aliphatic carboxylic acids is 1. The van der Waals surface area contributed by atoms with Crippen molar-refractivity contribution in [3.05, 3.63) is 101 Å². The molecule has 0 aliphatic carbocycles. The van der Waals surface area contributed by atoms with E-state index in [9.17, 15) is 24.0 Å². The summed E-state index contributed by atoms with van der Waals surface area (Å²) in [4.78, 5) is 63.8. The number of amides is 3. The summed E-state index contributed by atoms with van der Waals surface area (Å²) in [7, 11) is 0. The lowest BCUT2D eigenvalue weighted by atomic mass is 10.0. The second-order valence-corrected chi connectivity index (χ2v) is 10.8. The number of thiol groups is 1. The molecule has 3 N–H and O–H groups in total. The Labute approximate surface area is 255 Å². The van der Waals surface area contributed by atoms with Gasteiger partial charge in [-0.1, -0.05) is 66.7 Å². The molecular formula is C33H33N3O6S. The van der Waals surface area contributed by atoms with E-state index in [0.29, 0.717) is 25.1 Å². The molecule has 1 heterocycles. The molecule has 3 aromatic carbocycles. The molecule has 10 heteroatoms.